The van der Waals surface area contributed by atoms with Gasteiger partial charge in [0.2, 0.25) is 0 Å². The molecule has 0 saturated heterocycles. The Balaban J connectivity index is 1.55. The first-order chi connectivity index (χ1) is 15.4. The van der Waals surface area contributed by atoms with E-state index in [0.29, 0.717) is 17.7 Å². The molecule has 164 valence electrons. The molecule has 0 bridgehead atoms. The smallest absolute Gasteiger partial charge is 0.296 e. The number of benzene rings is 3. The lowest BCUT2D eigenvalue weighted by Gasteiger charge is -2.10. The molecule has 0 aliphatic carbocycles. The average molecular weight is 450 g/mol. The van der Waals surface area contributed by atoms with Crippen molar-refractivity contribution in [2.75, 3.05) is 19.0 Å². The number of aryl methyl sites for hydroxylation is 1. The topological polar surface area (TPSA) is 81.7 Å². The first-order valence-corrected chi connectivity index (χ1v) is 11.5. The fourth-order valence-electron chi connectivity index (χ4n) is 3.57. The van der Waals surface area contributed by atoms with Crippen molar-refractivity contribution in [2.24, 2.45) is 0 Å². The number of hydrogen-bond acceptors (Lipinski definition) is 5. The van der Waals surface area contributed by atoms with Crippen molar-refractivity contribution in [3.8, 4) is 5.75 Å². The highest BCUT2D eigenvalue weighted by molar-refractivity contribution is 7.86. The van der Waals surface area contributed by atoms with Gasteiger partial charge in [0.05, 0.1) is 18.6 Å². The van der Waals surface area contributed by atoms with E-state index >= 15 is 0 Å². The molecule has 0 fully saturated rings. The third-order valence-electron chi connectivity index (χ3n) is 5.26. The largest absolute Gasteiger partial charge is 0.497 e. The summed E-state index contributed by atoms with van der Waals surface area (Å²) in [6, 6.07) is 19.5. The highest BCUT2D eigenvalue weighted by atomic mass is 32.2. The summed E-state index contributed by atoms with van der Waals surface area (Å²) in [5.74, 6) is 0.535. The second-order valence-corrected chi connectivity index (χ2v) is 9.08. The summed E-state index contributed by atoms with van der Waals surface area (Å²) in [5.41, 5.74) is 4.66. The van der Waals surface area contributed by atoms with Gasteiger partial charge in [0.15, 0.2) is 0 Å². The number of methoxy groups -OCH3 is 1. The summed E-state index contributed by atoms with van der Waals surface area (Å²) in [6.45, 7) is 1.86. The highest BCUT2D eigenvalue weighted by Gasteiger charge is 2.27. The SMILES string of the molecule is COc1ccc(/C=C2\C(=O)Nc3cccc(CCOS(=O)(=O)c4ccc(C)cc4)c32)cc1. The molecule has 1 heterocycles. The van der Waals surface area contributed by atoms with Crippen LogP contribution in [0.4, 0.5) is 5.69 Å². The number of carbonyl (C=O) groups excluding carboxylic acids is 1. The number of amides is 1. The lowest BCUT2D eigenvalue weighted by atomic mass is 9.97. The van der Waals surface area contributed by atoms with Crippen molar-refractivity contribution < 1.29 is 22.1 Å². The van der Waals surface area contributed by atoms with Crippen LogP contribution in [-0.2, 0) is 25.5 Å². The molecule has 1 aliphatic heterocycles. The predicted molar refractivity (Wildman–Crippen MR) is 124 cm³/mol. The summed E-state index contributed by atoms with van der Waals surface area (Å²) in [4.78, 5) is 12.7. The van der Waals surface area contributed by atoms with Crippen LogP contribution in [0.2, 0.25) is 0 Å². The van der Waals surface area contributed by atoms with Crippen molar-refractivity contribution in [2.45, 2.75) is 18.2 Å². The molecular weight excluding hydrogens is 426 g/mol. The van der Waals surface area contributed by atoms with E-state index in [1.807, 2.05) is 55.5 Å². The van der Waals surface area contributed by atoms with Crippen LogP contribution in [-0.4, -0.2) is 28.0 Å². The quantitative estimate of drug-likeness (QED) is 0.426. The molecule has 0 aromatic heterocycles. The van der Waals surface area contributed by atoms with Gasteiger partial charge in [-0.05, 0) is 60.9 Å². The van der Waals surface area contributed by atoms with Gasteiger partial charge in [-0.1, -0.05) is 42.0 Å². The van der Waals surface area contributed by atoms with Crippen molar-refractivity contribution in [1.82, 2.24) is 0 Å². The Kier molecular flexibility index (Phi) is 6.12. The molecule has 0 spiro atoms. The number of nitrogens with one attached hydrogen (secondary N) is 1. The van der Waals surface area contributed by atoms with Crippen molar-refractivity contribution in [3.05, 3.63) is 89.0 Å². The van der Waals surface area contributed by atoms with Gasteiger partial charge in [0, 0.05) is 16.8 Å². The summed E-state index contributed by atoms with van der Waals surface area (Å²) in [6.07, 6.45) is 2.15. The minimum Gasteiger partial charge on any atom is -0.497 e. The summed E-state index contributed by atoms with van der Waals surface area (Å²) < 4.78 is 35.4. The first kappa shape index (κ1) is 21.8. The molecule has 0 unspecified atom stereocenters. The Bertz CT molecular complexity index is 1280. The molecule has 0 saturated carbocycles. The van der Waals surface area contributed by atoms with Crippen LogP contribution in [0.25, 0.3) is 11.6 Å². The Morgan fingerprint density at radius 1 is 0.969 bits per heavy atom. The van der Waals surface area contributed by atoms with E-state index in [0.717, 1.165) is 28.0 Å². The van der Waals surface area contributed by atoms with Crippen LogP contribution >= 0.6 is 0 Å². The molecule has 0 radical (unpaired) electrons. The van der Waals surface area contributed by atoms with Crippen LogP contribution < -0.4 is 10.1 Å². The monoisotopic (exact) mass is 449 g/mol. The highest BCUT2D eigenvalue weighted by Crippen LogP contribution is 2.36. The predicted octanol–water partition coefficient (Wildman–Crippen LogP) is 4.44. The minimum atomic E-state index is -3.85. The van der Waals surface area contributed by atoms with E-state index in [4.69, 9.17) is 8.92 Å². The Labute approximate surface area is 187 Å². The number of ether oxygens (including phenoxy) is 1. The van der Waals surface area contributed by atoms with E-state index in [2.05, 4.69) is 5.32 Å². The van der Waals surface area contributed by atoms with E-state index in [-0.39, 0.29) is 17.4 Å². The number of anilines is 1. The third kappa shape index (κ3) is 4.59. The van der Waals surface area contributed by atoms with Crippen molar-refractivity contribution >= 4 is 33.4 Å². The molecule has 1 N–H and O–H groups in total. The van der Waals surface area contributed by atoms with Crippen LogP contribution in [0.1, 0.15) is 22.3 Å². The van der Waals surface area contributed by atoms with Crippen LogP contribution in [0.15, 0.2) is 71.6 Å². The van der Waals surface area contributed by atoms with Gasteiger partial charge in [-0.15, -0.1) is 0 Å². The lowest BCUT2D eigenvalue weighted by molar-refractivity contribution is -0.110. The lowest BCUT2D eigenvalue weighted by Crippen LogP contribution is -2.10. The Morgan fingerprint density at radius 3 is 2.38 bits per heavy atom. The van der Waals surface area contributed by atoms with E-state index < -0.39 is 10.1 Å². The van der Waals surface area contributed by atoms with Gasteiger partial charge in [-0.2, -0.15) is 8.42 Å². The van der Waals surface area contributed by atoms with Gasteiger partial charge in [-0.25, -0.2) is 0 Å². The second-order valence-electron chi connectivity index (χ2n) is 7.46. The minimum absolute atomic E-state index is 0.0311. The van der Waals surface area contributed by atoms with Gasteiger partial charge >= 0.3 is 0 Å². The van der Waals surface area contributed by atoms with E-state index in [9.17, 15) is 13.2 Å². The number of rotatable bonds is 7. The number of hydrogen-bond donors (Lipinski definition) is 1. The van der Waals surface area contributed by atoms with Crippen LogP contribution in [0, 0.1) is 6.92 Å². The molecule has 1 amide bonds. The molecule has 6 nitrogen and oxygen atoms in total. The van der Waals surface area contributed by atoms with Gasteiger partial charge in [0.25, 0.3) is 16.0 Å². The molecule has 7 heteroatoms. The molecule has 4 rings (SSSR count). The average Bonchev–Trinajstić information content (AvgIpc) is 3.10. The van der Waals surface area contributed by atoms with Gasteiger partial charge in [-0.3, -0.25) is 8.98 Å². The van der Waals surface area contributed by atoms with Crippen molar-refractivity contribution in [3.63, 3.8) is 0 Å². The molecular formula is C25H23NO5S. The molecule has 3 aromatic carbocycles. The third-order valence-corrected chi connectivity index (χ3v) is 6.59. The molecule has 32 heavy (non-hydrogen) atoms. The maximum Gasteiger partial charge on any atom is 0.296 e. The number of fused-ring (bicyclic) bond motifs is 1. The fraction of sp³-hybridized carbons (Fsp3) is 0.160. The second kappa shape index (κ2) is 8.98. The summed E-state index contributed by atoms with van der Waals surface area (Å²) in [5, 5.41) is 2.88. The summed E-state index contributed by atoms with van der Waals surface area (Å²) in [7, 11) is -2.25. The number of carbonyl (C=O) groups is 1. The maximum absolute atomic E-state index is 12.6. The van der Waals surface area contributed by atoms with Gasteiger partial charge in [0.1, 0.15) is 5.75 Å². The first-order valence-electron chi connectivity index (χ1n) is 10.1. The Morgan fingerprint density at radius 2 is 1.69 bits per heavy atom. The molecule has 0 atom stereocenters. The normalized spacial score (nSPS) is 14.3. The maximum atomic E-state index is 12.6. The zero-order valence-corrected chi connectivity index (χ0v) is 18.6. The van der Waals surface area contributed by atoms with Crippen LogP contribution in [0.5, 0.6) is 5.75 Å². The van der Waals surface area contributed by atoms with E-state index in [1.54, 1.807) is 19.2 Å². The Hall–Kier alpha value is -3.42. The molecule has 1 aliphatic rings. The zero-order chi connectivity index (χ0) is 22.7. The van der Waals surface area contributed by atoms with Crippen LogP contribution in [0.3, 0.4) is 0 Å². The zero-order valence-electron chi connectivity index (χ0n) is 17.8. The van der Waals surface area contributed by atoms with Gasteiger partial charge < -0.3 is 10.1 Å². The van der Waals surface area contributed by atoms with Crippen molar-refractivity contribution in [1.29, 1.82) is 0 Å². The fourth-order valence-corrected chi connectivity index (χ4v) is 4.48. The summed E-state index contributed by atoms with van der Waals surface area (Å²) >= 11 is 0. The standard InChI is InChI=1S/C25H23NO5S/c1-17-6-12-21(13-7-17)32(28,29)31-15-14-19-4-3-5-23-24(19)22(25(27)26-23)16-18-8-10-20(30-2)11-9-18/h3-13,16H,14-15H2,1-2H3,(H,26,27)/b22-16-. The van der Waals surface area contributed by atoms with E-state index in [1.165, 1.54) is 12.1 Å². The molecule has 3 aromatic rings.